The van der Waals surface area contributed by atoms with Gasteiger partial charge in [-0.05, 0) is 55.0 Å². The lowest BCUT2D eigenvalue weighted by Gasteiger charge is -2.38. The number of benzene rings is 3. The Kier molecular flexibility index (Phi) is 18.1. The number of carbonyl (C=O) groups is 4. The average molecular weight is 1110 g/mol. The van der Waals surface area contributed by atoms with E-state index in [4.69, 9.17) is 33.0 Å². The van der Waals surface area contributed by atoms with E-state index < -0.39 is 12.2 Å². The van der Waals surface area contributed by atoms with E-state index in [1.165, 1.54) is 10.9 Å². The first kappa shape index (κ1) is 55.8. The predicted molar refractivity (Wildman–Crippen MR) is 297 cm³/mol. The molecule has 2 aliphatic heterocycles. The van der Waals surface area contributed by atoms with Gasteiger partial charge in [0.25, 0.3) is 5.56 Å². The zero-order valence-corrected chi connectivity index (χ0v) is 45.4. The molecule has 0 bridgehead atoms. The maximum Gasteiger partial charge on any atom is 0.281 e. The minimum atomic E-state index is -1.16. The minimum Gasteiger partial charge on any atom is -0.388 e. The van der Waals surface area contributed by atoms with Gasteiger partial charge >= 0.3 is 0 Å². The van der Waals surface area contributed by atoms with E-state index in [2.05, 4.69) is 31.0 Å². The summed E-state index contributed by atoms with van der Waals surface area (Å²) in [6.45, 7) is 6.10. The maximum atomic E-state index is 13.7. The number of nitrogens with one attached hydrogen (secondary N) is 4. The lowest BCUT2D eigenvalue weighted by Crippen LogP contribution is -2.49. The van der Waals surface area contributed by atoms with Gasteiger partial charge in [-0.15, -0.1) is 0 Å². The summed E-state index contributed by atoms with van der Waals surface area (Å²) in [5, 5.41) is 41.0. The van der Waals surface area contributed by atoms with Crippen LogP contribution in [0.1, 0.15) is 73.8 Å². The Morgan fingerprint density at radius 3 is 2.35 bits per heavy atom. The number of carbonyl (C=O) groups excluding carboxylic acids is 4. The van der Waals surface area contributed by atoms with Gasteiger partial charge in [-0.2, -0.15) is 10.2 Å². The first-order valence-corrected chi connectivity index (χ1v) is 27.3. The molecule has 4 aromatic heterocycles. The highest BCUT2D eigenvalue weighted by Gasteiger charge is 2.35. The molecule has 78 heavy (non-hydrogen) atoms. The van der Waals surface area contributed by atoms with Crippen molar-refractivity contribution < 1.29 is 34.1 Å². The van der Waals surface area contributed by atoms with Gasteiger partial charge in [0.15, 0.2) is 5.52 Å². The van der Waals surface area contributed by atoms with Crippen LogP contribution in [0, 0.1) is 0 Å². The van der Waals surface area contributed by atoms with Gasteiger partial charge in [0.2, 0.25) is 23.6 Å². The van der Waals surface area contributed by atoms with Crippen LogP contribution in [0.4, 0.5) is 0 Å². The Morgan fingerprint density at radius 1 is 0.885 bits per heavy atom. The van der Waals surface area contributed by atoms with Crippen molar-refractivity contribution in [2.24, 2.45) is 7.05 Å². The summed E-state index contributed by atoms with van der Waals surface area (Å²) in [7, 11) is 1.78. The number of fused-ring (bicyclic) bond motifs is 4. The number of aromatic nitrogens is 7. The van der Waals surface area contributed by atoms with Crippen molar-refractivity contribution >= 4 is 68.8 Å². The van der Waals surface area contributed by atoms with E-state index in [-0.39, 0.29) is 73.2 Å². The summed E-state index contributed by atoms with van der Waals surface area (Å²) in [6.07, 6.45) is 6.02. The number of likely N-dealkylation sites (tertiary alicyclic amines) is 1. The molecule has 22 heteroatoms. The number of aliphatic hydroxyl groups excluding tert-OH is 1. The first-order chi connectivity index (χ1) is 37.7. The van der Waals surface area contributed by atoms with Crippen molar-refractivity contribution in [2.75, 3.05) is 59.1 Å². The fourth-order valence-electron chi connectivity index (χ4n) is 10.3. The van der Waals surface area contributed by atoms with Gasteiger partial charge in [0.05, 0.1) is 65.2 Å². The number of aryl methyl sites for hydroxylation is 1. The predicted octanol–water partition coefficient (Wildman–Crippen LogP) is 5.08. The Hall–Kier alpha value is -6.94. The molecule has 1 atom stereocenters. The van der Waals surface area contributed by atoms with Crippen molar-refractivity contribution in [2.45, 2.75) is 89.6 Å². The number of ether oxygens (including phenoxy) is 1. The molecule has 0 aliphatic carbocycles. The van der Waals surface area contributed by atoms with Crippen molar-refractivity contribution in [1.82, 2.24) is 59.8 Å². The molecule has 0 radical (unpaired) electrons. The SMILES string of the molecule is C[C@H](CC(=O)N1CCC(O)(Cn2cnc3c(-c4ccc(CNCCCNC(=O)CCOCCC(=O)NCCn5ccc(-c6cc(Cl)c(Cl)c7[nH]c8c(c67)CN(C(=O)CO)CC8)n5)cc4)n(C)nc3c2=O)CC1)c1ccccc1. The van der Waals surface area contributed by atoms with E-state index in [1.54, 1.807) is 27.4 Å². The molecular weight excluding hydrogens is 1040 g/mol. The van der Waals surface area contributed by atoms with Crippen LogP contribution >= 0.6 is 23.2 Å². The topological polar surface area (TPSA) is 247 Å². The van der Waals surface area contributed by atoms with Crippen LogP contribution in [0.25, 0.3) is 44.5 Å². The molecule has 20 nitrogen and oxygen atoms in total. The monoisotopic (exact) mass is 1100 g/mol. The molecule has 9 rings (SSSR count). The highest BCUT2D eigenvalue weighted by molar-refractivity contribution is 6.45. The standard InChI is InChI=1S/C56H66Cl2N12O8/c1-36(38-7-4-3-5-8-38)29-47(74)67-24-17-56(77,18-25-67)34-69-35-62-52-53(55(69)76)65-66(2)54(52)39-11-9-37(10-12-39)31-59-19-6-20-60-45(72)15-27-78-28-16-46(73)61-21-26-70-23-14-44(64-70)40-30-42(57)50(58)51-49(40)41-32-68(48(75)33-71)22-13-43(41)63-51/h3-5,7-12,14,23,30,35-36,59,63,71,77H,6,13,15-22,24-29,31-34H2,1-2H3,(H,60,72)(H,61,73)/t36-/m1/s1. The summed E-state index contributed by atoms with van der Waals surface area (Å²) in [4.78, 5) is 75.5. The Bertz CT molecular complexity index is 3330. The lowest BCUT2D eigenvalue weighted by atomic mass is 9.90. The molecule has 412 valence electrons. The molecule has 4 amide bonds. The van der Waals surface area contributed by atoms with Gasteiger partial charge in [-0.1, -0.05) is 84.7 Å². The number of aliphatic hydroxyl groups is 2. The minimum absolute atomic E-state index is 0.0585. The number of piperidine rings is 1. The van der Waals surface area contributed by atoms with Gasteiger partial charge in [-0.3, -0.25) is 37.9 Å². The average Bonchev–Trinajstić information content (AvgIpc) is 4.38. The molecule has 0 saturated carbocycles. The molecule has 0 unspecified atom stereocenters. The van der Waals surface area contributed by atoms with Crippen molar-refractivity contribution in [3.63, 3.8) is 0 Å². The van der Waals surface area contributed by atoms with Crippen LogP contribution in [0.3, 0.4) is 0 Å². The number of H-pyrrole nitrogens is 1. The molecule has 6 N–H and O–H groups in total. The largest absolute Gasteiger partial charge is 0.388 e. The fourth-order valence-corrected chi connectivity index (χ4v) is 10.7. The number of hydrogen-bond acceptors (Lipinski definition) is 12. The smallest absolute Gasteiger partial charge is 0.281 e. The fraction of sp³-hybridized carbons (Fsp3) is 0.429. The highest BCUT2D eigenvalue weighted by Crippen LogP contribution is 2.42. The van der Waals surface area contributed by atoms with Crippen molar-refractivity contribution in [3.8, 4) is 22.5 Å². The Morgan fingerprint density at radius 2 is 1.62 bits per heavy atom. The van der Waals surface area contributed by atoms with Crippen LogP contribution < -0.4 is 21.5 Å². The number of rotatable bonds is 23. The summed E-state index contributed by atoms with van der Waals surface area (Å²) >= 11 is 13.2. The van der Waals surface area contributed by atoms with Gasteiger partial charge < -0.3 is 45.7 Å². The second kappa shape index (κ2) is 25.2. The number of halogens is 2. The van der Waals surface area contributed by atoms with E-state index in [9.17, 15) is 34.2 Å². The van der Waals surface area contributed by atoms with E-state index >= 15 is 0 Å². The number of nitrogens with zero attached hydrogens (tertiary/aromatic N) is 8. The molecule has 7 aromatic rings. The third kappa shape index (κ3) is 13.1. The molecule has 2 aliphatic rings. The molecule has 6 heterocycles. The van der Waals surface area contributed by atoms with Gasteiger partial charge in [-0.25, -0.2) is 4.98 Å². The Labute approximate surface area is 461 Å². The number of aromatic amines is 1. The molecule has 1 saturated heterocycles. The first-order valence-electron chi connectivity index (χ1n) is 26.5. The van der Waals surface area contributed by atoms with E-state index in [1.807, 2.05) is 78.7 Å². The highest BCUT2D eigenvalue weighted by atomic mass is 35.5. The van der Waals surface area contributed by atoms with Gasteiger partial charge in [0.1, 0.15) is 12.1 Å². The summed E-state index contributed by atoms with van der Waals surface area (Å²) < 4.78 is 10.4. The number of amides is 4. The second-order valence-electron chi connectivity index (χ2n) is 20.2. The third-order valence-electron chi connectivity index (χ3n) is 14.7. The molecule has 1 fully saturated rings. The third-order valence-corrected chi connectivity index (χ3v) is 15.5. The van der Waals surface area contributed by atoms with Crippen LogP contribution in [0.2, 0.25) is 10.0 Å². The van der Waals surface area contributed by atoms with Crippen LogP contribution in [0.5, 0.6) is 0 Å². The van der Waals surface area contributed by atoms with Gasteiger partial charge in [0, 0.05) is 113 Å². The summed E-state index contributed by atoms with van der Waals surface area (Å²) in [6, 6.07) is 21.6. The molecule has 3 aromatic carbocycles. The summed E-state index contributed by atoms with van der Waals surface area (Å²) in [5.74, 6) is -0.504. The number of hydrogen-bond donors (Lipinski definition) is 6. The lowest BCUT2D eigenvalue weighted by molar-refractivity contribution is -0.136. The van der Waals surface area contributed by atoms with E-state index in [0.717, 1.165) is 45.3 Å². The van der Waals surface area contributed by atoms with Crippen LogP contribution in [-0.4, -0.2) is 142 Å². The van der Waals surface area contributed by atoms with Crippen LogP contribution in [0.15, 0.2) is 84.0 Å². The van der Waals surface area contributed by atoms with Crippen molar-refractivity contribution in [1.29, 1.82) is 0 Å². The normalized spacial score (nSPS) is 14.7. The maximum absolute atomic E-state index is 13.7. The molecular formula is C56H66Cl2N12O8. The quantitative estimate of drug-likeness (QED) is 0.0460. The Balaban J connectivity index is 0.636. The zero-order chi connectivity index (χ0) is 54.9. The van der Waals surface area contributed by atoms with Crippen LogP contribution in [-0.2, 0) is 63.6 Å². The molecule has 0 spiro atoms. The van der Waals surface area contributed by atoms with Crippen molar-refractivity contribution in [3.05, 3.63) is 122 Å². The zero-order valence-electron chi connectivity index (χ0n) is 43.9. The van der Waals surface area contributed by atoms with E-state index in [0.29, 0.717) is 117 Å². The summed E-state index contributed by atoms with van der Waals surface area (Å²) in [5.41, 5.74) is 6.90. The second-order valence-corrected chi connectivity index (χ2v) is 21.0.